The van der Waals surface area contributed by atoms with Gasteiger partial charge in [0.2, 0.25) is 0 Å². The molecule has 1 aromatic rings. The van der Waals surface area contributed by atoms with E-state index in [1.165, 1.54) is 4.90 Å². The van der Waals surface area contributed by atoms with Crippen molar-refractivity contribution in [2.24, 2.45) is 0 Å². The minimum absolute atomic E-state index is 0.296. The van der Waals surface area contributed by atoms with E-state index in [4.69, 9.17) is 4.74 Å². The smallest absolute Gasteiger partial charge is 0.329 e. The van der Waals surface area contributed by atoms with Gasteiger partial charge in [0.05, 0.1) is 11.3 Å². The van der Waals surface area contributed by atoms with Crippen molar-refractivity contribution >= 4 is 39.3 Å². The monoisotopic (exact) mass is 353 g/mol. The Labute approximate surface area is 131 Å². The van der Waals surface area contributed by atoms with Crippen LogP contribution in [0.4, 0.5) is 5.69 Å². The molecule has 0 aliphatic carbocycles. The zero-order chi connectivity index (χ0) is 15.9. The summed E-state index contributed by atoms with van der Waals surface area (Å²) in [6, 6.07) is 4.10. The Hall–Kier alpha value is -1.69. The number of ether oxygens (including phenoxy) is 1. The zero-order valence-electron chi connectivity index (χ0n) is 12.3. The second-order valence-electron chi connectivity index (χ2n) is 5.85. The molecule has 1 aromatic carbocycles. The van der Waals surface area contributed by atoms with Gasteiger partial charge in [0.1, 0.15) is 11.6 Å². The van der Waals surface area contributed by atoms with Crippen molar-refractivity contribution in [3.05, 3.63) is 28.2 Å². The molecular weight excluding hydrogens is 338 g/mol. The quantitative estimate of drug-likeness (QED) is 0.605. The molecule has 0 saturated heterocycles. The van der Waals surface area contributed by atoms with E-state index in [0.29, 0.717) is 15.7 Å². The van der Waals surface area contributed by atoms with Crippen LogP contribution in [-0.4, -0.2) is 29.3 Å². The van der Waals surface area contributed by atoms with Crippen molar-refractivity contribution in [3.63, 3.8) is 0 Å². The van der Waals surface area contributed by atoms with Crippen LogP contribution in [0.25, 0.3) is 0 Å². The van der Waals surface area contributed by atoms with Crippen LogP contribution in [0.3, 0.4) is 0 Å². The summed E-state index contributed by atoms with van der Waals surface area (Å²) in [6.45, 7) is 6.79. The molecule has 0 spiro atoms. The van der Waals surface area contributed by atoms with E-state index in [0.717, 1.165) is 0 Å². The number of benzene rings is 1. The lowest BCUT2D eigenvalue weighted by atomic mass is 10.1. The standard InChI is InChI=1S/C15H16BrNO4/c1-8(14(20)21-15(2,3)4)17-11-9(12(18)13(17)19)6-5-7-10(11)16/h5-8H,1-4H3. The van der Waals surface area contributed by atoms with E-state index in [9.17, 15) is 14.4 Å². The third-order valence-electron chi connectivity index (χ3n) is 3.02. The summed E-state index contributed by atoms with van der Waals surface area (Å²) in [5.74, 6) is -1.87. The molecule has 1 aliphatic rings. The third-order valence-corrected chi connectivity index (χ3v) is 3.66. The number of esters is 1. The van der Waals surface area contributed by atoms with Gasteiger partial charge in [0.25, 0.3) is 11.7 Å². The maximum absolute atomic E-state index is 12.2. The van der Waals surface area contributed by atoms with Crippen LogP contribution in [0.2, 0.25) is 0 Å². The van der Waals surface area contributed by atoms with Gasteiger partial charge in [-0.1, -0.05) is 6.07 Å². The number of anilines is 1. The molecule has 0 saturated carbocycles. The SMILES string of the molecule is CC(C(=O)OC(C)(C)C)N1C(=O)C(=O)c2cccc(Br)c21. The predicted molar refractivity (Wildman–Crippen MR) is 81.3 cm³/mol. The zero-order valence-corrected chi connectivity index (χ0v) is 13.9. The maximum Gasteiger partial charge on any atom is 0.329 e. The number of carbonyl (C=O) groups excluding carboxylic acids is 3. The van der Waals surface area contributed by atoms with Gasteiger partial charge in [-0.2, -0.15) is 0 Å². The van der Waals surface area contributed by atoms with Crippen LogP contribution < -0.4 is 4.90 Å². The number of carbonyl (C=O) groups is 3. The summed E-state index contributed by atoms with van der Waals surface area (Å²) in [7, 11) is 0. The first-order valence-corrected chi connectivity index (χ1v) is 7.32. The van der Waals surface area contributed by atoms with Crippen molar-refractivity contribution in [3.8, 4) is 0 Å². The average molecular weight is 354 g/mol. The third kappa shape index (κ3) is 2.85. The van der Waals surface area contributed by atoms with Crippen LogP contribution in [0.5, 0.6) is 0 Å². The summed E-state index contributed by atoms with van der Waals surface area (Å²) in [5, 5.41) is 0. The molecular formula is C15H16BrNO4. The van der Waals surface area contributed by atoms with Gasteiger partial charge in [0, 0.05) is 4.47 Å². The fraction of sp³-hybridized carbons (Fsp3) is 0.400. The van der Waals surface area contributed by atoms with Gasteiger partial charge in [-0.3, -0.25) is 14.5 Å². The second kappa shape index (κ2) is 5.26. The van der Waals surface area contributed by atoms with E-state index in [-0.39, 0.29) is 0 Å². The second-order valence-corrected chi connectivity index (χ2v) is 6.70. The number of nitrogens with zero attached hydrogens (tertiary/aromatic N) is 1. The number of Topliss-reactive ketones (excluding diaryl/α,β-unsaturated/α-hetero) is 1. The Kier molecular flexibility index (Phi) is 3.93. The Bertz CT molecular complexity index is 633. The van der Waals surface area contributed by atoms with Crippen molar-refractivity contribution in [1.82, 2.24) is 0 Å². The molecule has 21 heavy (non-hydrogen) atoms. The molecule has 5 nitrogen and oxygen atoms in total. The van der Waals surface area contributed by atoms with E-state index in [2.05, 4.69) is 15.9 Å². The first-order chi connectivity index (χ1) is 9.63. The Balaban J connectivity index is 2.40. The topological polar surface area (TPSA) is 63.7 Å². The van der Waals surface area contributed by atoms with Crippen LogP contribution >= 0.6 is 15.9 Å². The van der Waals surface area contributed by atoms with Gasteiger partial charge in [0.15, 0.2) is 0 Å². The first kappa shape index (κ1) is 15.7. The molecule has 0 aromatic heterocycles. The number of rotatable bonds is 2. The molecule has 6 heteroatoms. The van der Waals surface area contributed by atoms with E-state index >= 15 is 0 Å². The largest absolute Gasteiger partial charge is 0.458 e. The highest BCUT2D eigenvalue weighted by Crippen LogP contribution is 2.37. The minimum Gasteiger partial charge on any atom is -0.458 e. The fourth-order valence-electron chi connectivity index (χ4n) is 2.13. The van der Waals surface area contributed by atoms with Crippen molar-refractivity contribution in [2.75, 3.05) is 4.90 Å². The van der Waals surface area contributed by atoms with Gasteiger partial charge < -0.3 is 4.74 Å². The summed E-state index contributed by atoms with van der Waals surface area (Å²) in [6.07, 6.45) is 0. The Morgan fingerprint density at radius 3 is 2.48 bits per heavy atom. The average Bonchev–Trinajstić information content (AvgIpc) is 2.61. The number of amides is 1. The number of halogens is 1. The number of fused-ring (bicyclic) bond motifs is 1. The summed E-state index contributed by atoms with van der Waals surface area (Å²) < 4.78 is 5.88. The van der Waals surface area contributed by atoms with Crippen molar-refractivity contribution < 1.29 is 19.1 Å². The highest BCUT2D eigenvalue weighted by molar-refractivity contribution is 9.10. The first-order valence-electron chi connectivity index (χ1n) is 6.53. The highest BCUT2D eigenvalue weighted by atomic mass is 79.9. The molecule has 1 heterocycles. The van der Waals surface area contributed by atoms with Crippen LogP contribution in [-0.2, 0) is 14.3 Å². The van der Waals surface area contributed by atoms with Crippen molar-refractivity contribution in [2.45, 2.75) is 39.3 Å². The molecule has 0 N–H and O–H groups in total. The van der Waals surface area contributed by atoms with Gasteiger partial charge in [-0.25, -0.2) is 4.79 Å². The summed E-state index contributed by atoms with van der Waals surface area (Å²) in [5.41, 5.74) is 0.0603. The lowest BCUT2D eigenvalue weighted by Gasteiger charge is -2.27. The Morgan fingerprint density at radius 2 is 1.90 bits per heavy atom. The van der Waals surface area contributed by atoms with Crippen LogP contribution in [0.1, 0.15) is 38.1 Å². The lowest BCUT2D eigenvalue weighted by Crippen LogP contribution is -2.45. The molecule has 0 bridgehead atoms. The maximum atomic E-state index is 12.2. The number of ketones is 1. The van der Waals surface area contributed by atoms with Gasteiger partial charge in [-0.05, 0) is 55.8 Å². The van der Waals surface area contributed by atoms with E-state index in [1.807, 2.05) is 0 Å². The summed E-state index contributed by atoms with van der Waals surface area (Å²) >= 11 is 3.32. The van der Waals surface area contributed by atoms with E-state index in [1.54, 1.807) is 45.9 Å². The van der Waals surface area contributed by atoms with Crippen LogP contribution in [0, 0.1) is 0 Å². The predicted octanol–water partition coefficient (Wildman–Crippen LogP) is 2.71. The molecule has 0 fully saturated rings. The van der Waals surface area contributed by atoms with Crippen molar-refractivity contribution in [1.29, 1.82) is 0 Å². The lowest BCUT2D eigenvalue weighted by molar-refractivity contribution is -0.156. The Morgan fingerprint density at radius 1 is 1.29 bits per heavy atom. The summed E-state index contributed by atoms with van der Waals surface area (Å²) in [4.78, 5) is 37.5. The van der Waals surface area contributed by atoms with Gasteiger partial charge in [-0.15, -0.1) is 0 Å². The van der Waals surface area contributed by atoms with Crippen LogP contribution in [0.15, 0.2) is 22.7 Å². The highest BCUT2D eigenvalue weighted by Gasteiger charge is 2.42. The normalized spacial score (nSPS) is 16.0. The molecule has 2 rings (SSSR count). The molecule has 1 atom stereocenters. The minimum atomic E-state index is -0.874. The number of hydrogen-bond acceptors (Lipinski definition) is 4. The van der Waals surface area contributed by atoms with Gasteiger partial charge >= 0.3 is 5.97 Å². The number of hydrogen-bond donors (Lipinski definition) is 0. The molecule has 1 unspecified atom stereocenters. The molecule has 1 aliphatic heterocycles. The number of para-hydroxylation sites is 1. The fourth-order valence-corrected chi connectivity index (χ4v) is 2.69. The molecule has 112 valence electrons. The van der Waals surface area contributed by atoms with E-state index < -0.39 is 29.3 Å². The molecule has 0 radical (unpaired) electrons. The molecule has 1 amide bonds.